The molecule has 184 valence electrons. The van der Waals surface area contributed by atoms with E-state index >= 15 is 0 Å². The highest BCUT2D eigenvalue weighted by molar-refractivity contribution is 7.90. The van der Waals surface area contributed by atoms with Gasteiger partial charge in [-0.15, -0.1) is 0 Å². The molecule has 0 atom stereocenters. The minimum atomic E-state index is -3.36. The van der Waals surface area contributed by atoms with Crippen LogP contribution in [0.4, 0.5) is 5.69 Å². The average Bonchev–Trinajstić information content (AvgIpc) is 2.88. The van der Waals surface area contributed by atoms with Crippen LogP contribution in [0, 0.1) is 0 Å². The highest BCUT2D eigenvalue weighted by Crippen LogP contribution is 2.37. The second kappa shape index (κ2) is 9.66. The van der Waals surface area contributed by atoms with E-state index in [0.29, 0.717) is 30.0 Å². The van der Waals surface area contributed by atoms with Gasteiger partial charge in [-0.2, -0.15) is 0 Å². The van der Waals surface area contributed by atoms with Crippen molar-refractivity contribution >= 4 is 32.2 Å². The first-order valence-corrected chi connectivity index (χ1v) is 13.8. The van der Waals surface area contributed by atoms with Crippen LogP contribution >= 0.6 is 0 Å². The molecule has 1 heterocycles. The molecule has 1 amide bonds. The molecule has 7 heteroatoms. The van der Waals surface area contributed by atoms with Crippen LogP contribution in [0.25, 0.3) is 10.8 Å². The number of nitrogens with one attached hydrogen (secondary N) is 1. The predicted molar refractivity (Wildman–Crippen MR) is 142 cm³/mol. The molecule has 0 bridgehead atoms. The number of fused-ring (bicyclic) bond motifs is 2. The Bertz CT molecular complexity index is 1550. The van der Waals surface area contributed by atoms with E-state index in [4.69, 9.17) is 0 Å². The Hall–Kier alpha value is -3.84. The number of carbonyl (C=O) groups excluding carboxylic acids is 1. The summed E-state index contributed by atoms with van der Waals surface area (Å²) in [6.07, 6.45) is 2.72. The van der Waals surface area contributed by atoms with E-state index in [-0.39, 0.29) is 17.2 Å². The summed E-state index contributed by atoms with van der Waals surface area (Å²) >= 11 is 0. The Morgan fingerprint density at radius 1 is 1.00 bits per heavy atom. The normalized spacial score (nSPS) is 13.4. The van der Waals surface area contributed by atoms with Crippen molar-refractivity contribution in [1.29, 1.82) is 0 Å². The maximum absolute atomic E-state index is 13.1. The number of nitrogens with zero attached hydrogens (tertiary/aromatic N) is 1. The zero-order chi connectivity index (χ0) is 25.3. The van der Waals surface area contributed by atoms with E-state index in [2.05, 4.69) is 10.2 Å². The predicted octanol–water partition coefficient (Wildman–Crippen LogP) is 4.83. The summed E-state index contributed by atoms with van der Waals surface area (Å²) in [6.45, 7) is 1.43. The molecule has 0 radical (unpaired) electrons. The number of carbonyl (C=O) groups is 1. The van der Waals surface area contributed by atoms with Crippen LogP contribution in [-0.4, -0.2) is 32.2 Å². The molecule has 0 saturated carbocycles. The Labute approximate surface area is 211 Å². The summed E-state index contributed by atoms with van der Waals surface area (Å²) < 4.78 is 24.8. The molecule has 6 nitrogen and oxygen atoms in total. The number of sulfone groups is 1. The standard InChI is InChI=1S/C29H28N2O4S/c1-36(34,35)27-15-7-14-26-23(27)13-8-16-31(26)19-25-22-12-6-5-11-21(22)17-24(28(25)32)29(33)30-18-20-9-3-2-4-10-20/h2-7,9-12,14-15,17,32H,8,13,16,18-19H2,1H3,(H,30,33). The van der Waals surface area contributed by atoms with Gasteiger partial charge in [0.25, 0.3) is 5.91 Å². The van der Waals surface area contributed by atoms with Crippen LogP contribution in [0.5, 0.6) is 5.75 Å². The Kier molecular flexibility index (Phi) is 6.41. The first kappa shape index (κ1) is 23.9. The fraction of sp³-hybridized carbons (Fsp3) is 0.207. The van der Waals surface area contributed by atoms with Crippen molar-refractivity contribution in [2.45, 2.75) is 30.8 Å². The van der Waals surface area contributed by atoms with E-state index in [9.17, 15) is 18.3 Å². The quantitative estimate of drug-likeness (QED) is 0.396. The molecule has 0 fully saturated rings. The molecule has 0 aromatic heterocycles. The van der Waals surface area contributed by atoms with Crippen LogP contribution in [-0.2, 0) is 29.3 Å². The number of hydrogen-bond donors (Lipinski definition) is 2. The molecule has 1 aliphatic rings. The fourth-order valence-electron chi connectivity index (χ4n) is 4.99. The van der Waals surface area contributed by atoms with Gasteiger partial charge in [-0.3, -0.25) is 4.79 Å². The summed E-state index contributed by atoms with van der Waals surface area (Å²) in [5.74, 6) is -0.396. The van der Waals surface area contributed by atoms with Gasteiger partial charge in [0.05, 0.1) is 10.5 Å². The third-order valence-electron chi connectivity index (χ3n) is 6.72. The van der Waals surface area contributed by atoms with E-state index in [1.807, 2.05) is 60.7 Å². The number of hydrogen-bond acceptors (Lipinski definition) is 5. The minimum absolute atomic E-state index is 0.0503. The molecule has 0 saturated heterocycles. The van der Waals surface area contributed by atoms with Crippen molar-refractivity contribution in [2.24, 2.45) is 0 Å². The molecule has 0 aliphatic carbocycles. The largest absolute Gasteiger partial charge is 0.507 e. The highest BCUT2D eigenvalue weighted by atomic mass is 32.2. The van der Waals surface area contributed by atoms with Crippen LogP contribution in [0.15, 0.2) is 83.8 Å². The monoisotopic (exact) mass is 500 g/mol. The van der Waals surface area contributed by atoms with Gasteiger partial charge >= 0.3 is 0 Å². The lowest BCUT2D eigenvalue weighted by atomic mass is 9.96. The minimum Gasteiger partial charge on any atom is -0.507 e. The Morgan fingerprint density at radius 3 is 2.53 bits per heavy atom. The van der Waals surface area contributed by atoms with Gasteiger partial charge in [0, 0.05) is 37.1 Å². The van der Waals surface area contributed by atoms with Crippen molar-refractivity contribution in [3.63, 3.8) is 0 Å². The topological polar surface area (TPSA) is 86.7 Å². The molecule has 4 aromatic carbocycles. The van der Waals surface area contributed by atoms with Gasteiger partial charge in [0.15, 0.2) is 9.84 Å². The lowest BCUT2D eigenvalue weighted by Crippen LogP contribution is -2.30. The number of benzene rings is 4. The van der Waals surface area contributed by atoms with E-state index in [0.717, 1.165) is 40.6 Å². The lowest BCUT2D eigenvalue weighted by Gasteiger charge is -2.33. The average molecular weight is 501 g/mol. The molecular formula is C29H28N2O4S. The van der Waals surface area contributed by atoms with Gasteiger partial charge in [0.2, 0.25) is 0 Å². The van der Waals surface area contributed by atoms with Gasteiger partial charge in [-0.05, 0) is 52.9 Å². The Balaban J connectivity index is 1.53. The third kappa shape index (κ3) is 4.66. The zero-order valence-electron chi connectivity index (χ0n) is 20.1. The SMILES string of the molecule is CS(=O)(=O)c1cccc2c1CCCN2Cc1c(O)c(C(=O)NCc2ccccc2)cc2ccccc12. The number of anilines is 1. The summed E-state index contributed by atoms with van der Waals surface area (Å²) in [5, 5.41) is 16.0. The maximum Gasteiger partial charge on any atom is 0.255 e. The maximum atomic E-state index is 13.1. The second-order valence-corrected chi connectivity index (χ2v) is 11.2. The lowest BCUT2D eigenvalue weighted by molar-refractivity contribution is 0.0948. The van der Waals surface area contributed by atoms with Crippen molar-refractivity contribution in [2.75, 3.05) is 17.7 Å². The molecule has 1 aliphatic heterocycles. The molecule has 0 unspecified atom stereocenters. The second-order valence-electron chi connectivity index (χ2n) is 9.19. The van der Waals surface area contributed by atoms with Gasteiger partial charge < -0.3 is 15.3 Å². The smallest absolute Gasteiger partial charge is 0.255 e. The van der Waals surface area contributed by atoms with Gasteiger partial charge in [-0.1, -0.05) is 60.7 Å². The zero-order valence-corrected chi connectivity index (χ0v) is 20.9. The fourth-order valence-corrected chi connectivity index (χ4v) is 5.97. The van der Waals surface area contributed by atoms with Crippen molar-refractivity contribution in [3.8, 4) is 5.75 Å². The highest BCUT2D eigenvalue weighted by Gasteiger charge is 2.26. The summed E-state index contributed by atoms with van der Waals surface area (Å²) in [5.41, 5.74) is 3.51. The number of phenolic OH excluding ortho intramolecular Hbond substituents is 1. The first-order valence-electron chi connectivity index (χ1n) is 12.0. The summed E-state index contributed by atoms with van der Waals surface area (Å²) in [7, 11) is -3.36. The first-order chi connectivity index (χ1) is 17.3. The number of amides is 1. The third-order valence-corrected chi connectivity index (χ3v) is 7.90. The van der Waals surface area contributed by atoms with Crippen LogP contribution in [0.1, 0.15) is 33.5 Å². The van der Waals surface area contributed by atoms with Gasteiger partial charge in [-0.25, -0.2) is 8.42 Å². The van der Waals surface area contributed by atoms with Crippen molar-refractivity contribution in [1.82, 2.24) is 5.32 Å². The number of rotatable bonds is 6. The van der Waals surface area contributed by atoms with Crippen LogP contribution < -0.4 is 10.2 Å². The van der Waals surface area contributed by atoms with Crippen molar-refractivity contribution < 1.29 is 18.3 Å². The van der Waals surface area contributed by atoms with E-state index in [1.165, 1.54) is 6.26 Å². The Morgan fingerprint density at radius 2 is 1.75 bits per heavy atom. The molecule has 0 spiro atoms. The molecule has 4 aromatic rings. The molecular weight excluding hydrogens is 472 g/mol. The van der Waals surface area contributed by atoms with Crippen LogP contribution in [0.2, 0.25) is 0 Å². The van der Waals surface area contributed by atoms with E-state index in [1.54, 1.807) is 18.2 Å². The molecule has 36 heavy (non-hydrogen) atoms. The number of aromatic hydroxyl groups is 1. The summed E-state index contributed by atoms with van der Waals surface area (Å²) in [4.78, 5) is 15.6. The summed E-state index contributed by atoms with van der Waals surface area (Å²) in [6, 6.07) is 24.4. The van der Waals surface area contributed by atoms with Crippen LogP contribution in [0.3, 0.4) is 0 Å². The number of phenols is 1. The molecule has 5 rings (SSSR count). The van der Waals surface area contributed by atoms with Gasteiger partial charge in [0.1, 0.15) is 5.75 Å². The molecule has 2 N–H and O–H groups in total. The van der Waals surface area contributed by atoms with Crippen molar-refractivity contribution in [3.05, 3.63) is 101 Å². The van der Waals surface area contributed by atoms with E-state index < -0.39 is 9.84 Å².